The Kier molecular flexibility index (Phi) is 4.33. The molecule has 0 spiro atoms. The number of thiophene rings is 1. The van der Waals surface area contributed by atoms with E-state index >= 15 is 0 Å². The fraction of sp³-hybridized carbons (Fsp3) is 0.333. The van der Waals surface area contributed by atoms with Crippen LogP contribution in [0.25, 0.3) is 0 Å². The highest BCUT2D eigenvalue weighted by Crippen LogP contribution is 2.19. The first kappa shape index (κ1) is 13.0. The Morgan fingerprint density at radius 3 is 2.94 bits per heavy atom. The Morgan fingerprint density at radius 2 is 2.28 bits per heavy atom. The second kappa shape index (κ2) is 5.97. The number of aliphatic carboxylic acids is 1. The zero-order valence-electron chi connectivity index (χ0n) is 9.97. The summed E-state index contributed by atoms with van der Waals surface area (Å²) in [6.45, 7) is 2.86. The second-order valence-corrected chi connectivity index (χ2v) is 5.57. The number of nitrogens with one attached hydrogen (secondary N) is 1. The first-order valence-electron chi connectivity index (χ1n) is 5.57. The molecule has 18 heavy (non-hydrogen) atoms. The lowest BCUT2D eigenvalue weighted by atomic mass is 10.2. The van der Waals surface area contributed by atoms with E-state index in [1.165, 1.54) is 22.5 Å². The molecule has 0 radical (unpaired) electrons. The quantitative estimate of drug-likeness (QED) is 0.854. The minimum atomic E-state index is -0.786. The van der Waals surface area contributed by atoms with Crippen LogP contribution in [0.5, 0.6) is 0 Å². The van der Waals surface area contributed by atoms with Crippen molar-refractivity contribution >= 4 is 33.8 Å². The van der Waals surface area contributed by atoms with Crippen molar-refractivity contribution in [3.05, 3.63) is 33.0 Å². The normalized spacial score (nSPS) is 10.5. The van der Waals surface area contributed by atoms with E-state index in [2.05, 4.69) is 28.0 Å². The first-order valence-corrected chi connectivity index (χ1v) is 7.39. The Morgan fingerprint density at radius 1 is 1.44 bits per heavy atom. The molecule has 2 aromatic rings. The molecule has 0 amide bonds. The topological polar surface area (TPSA) is 62.2 Å². The van der Waals surface area contributed by atoms with Crippen LogP contribution >= 0.6 is 22.7 Å². The summed E-state index contributed by atoms with van der Waals surface area (Å²) < 4.78 is 0. The van der Waals surface area contributed by atoms with Crippen LogP contribution in [0.4, 0.5) is 5.13 Å². The van der Waals surface area contributed by atoms with Crippen molar-refractivity contribution in [1.82, 2.24) is 4.98 Å². The maximum absolute atomic E-state index is 10.5. The minimum Gasteiger partial charge on any atom is -0.481 e. The molecule has 4 nitrogen and oxygen atoms in total. The predicted molar refractivity (Wildman–Crippen MR) is 74.5 cm³/mol. The molecule has 2 aromatic heterocycles. The molecule has 0 unspecified atom stereocenters. The number of rotatable bonds is 6. The average Bonchev–Trinajstić information content (AvgIpc) is 2.93. The maximum atomic E-state index is 10.5. The number of carboxylic acid groups (broad SMARTS) is 1. The molecule has 0 saturated heterocycles. The SMILES string of the molecule is Cc1cscc1CNc1nc(CCC(=O)O)cs1. The van der Waals surface area contributed by atoms with E-state index in [1.54, 1.807) is 11.3 Å². The fourth-order valence-electron chi connectivity index (χ4n) is 1.48. The van der Waals surface area contributed by atoms with Crippen molar-refractivity contribution in [2.75, 3.05) is 5.32 Å². The van der Waals surface area contributed by atoms with Crippen molar-refractivity contribution in [2.45, 2.75) is 26.3 Å². The third-order valence-electron chi connectivity index (χ3n) is 2.54. The molecule has 2 rings (SSSR count). The number of hydrogen-bond donors (Lipinski definition) is 2. The van der Waals surface area contributed by atoms with Gasteiger partial charge in [-0.2, -0.15) is 11.3 Å². The van der Waals surface area contributed by atoms with E-state index in [0.29, 0.717) is 6.42 Å². The van der Waals surface area contributed by atoms with Crippen LogP contribution in [-0.4, -0.2) is 16.1 Å². The van der Waals surface area contributed by atoms with Crippen molar-refractivity contribution in [3.8, 4) is 0 Å². The Bertz CT molecular complexity index is 534. The van der Waals surface area contributed by atoms with E-state index in [-0.39, 0.29) is 6.42 Å². The van der Waals surface area contributed by atoms with Crippen LogP contribution in [0.15, 0.2) is 16.1 Å². The smallest absolute Gasteiger partial charge is 0.303 e. The number of aromatic nitrogens is 1. The largest absolute Gasteiger partial charge is 0.481 e. The van der Waals surface area contributed by atoms with Gasteiger partial charge in [-0.1, -0.05) is 0 Å². The Hall–Kier alpha value is -1.40. The highest BCUT2D eigenvalue weighted by atomic mass is 32.1. The summed E-state index contributed by atoms with van der Waals surface area (Å²) in [4.78, 5) is 14.8. The highest BCUT2D eigenvalue weighted by molar-refractivity contribution is 7.13. The lowest BCUT2D eigenvalue weighted by Gasteiger charge is -2.01. The molecule has 0 aromatic carbocycles. The van der Waals surface area contributed by atoms with Gasteiger partial charge in [0.05, 0.1) is 12.1 Å². The van der Waals surface area contributed by atoms with Crippen LogP contribution in [0.3, 0.4) is 0 Å². The van der Waals surface area contributed by atoms with Crippen LogP contribution in [-0.2, 0) is 17.8 Å². The number of nitrogens with zero attached hydrogens (tertiary/aromatic N) is 1. The van der Waals surface area contributed by atoms with Crippen LogP contribution in [0, 0.1) is 6.92 Å². The lowest BCUT2D eigenvalue weighted by Crippen LogP contribution is -2.00. The van der Waals surface area contributed by atoms with E-state index in [4.69, 9.17) is 5.11 Å². The fourth-order valence-corrected chi connectivity index (χ4v) is 3.08. The zero-order chi connectivity index (χ0) is 13.0. The van der Waals surface area contributed by atoms with Gasteiger partial charge in [-0.05, 0) is 28.8 Å². The number of hydrogen-bond acceptors (Lipinski definition) is 5. The predicted octanol–water partition coefficient (Wildman–Crippen LogP) is 3.14. The molecule has 6 heteroatoms. The Balaban J connectivity index is 1.87. The third kappa shape index (κ3) is 3.54. The lowest BCUT2D eigenvalue weighted by molar-refractivity contribution is -0.136. The van der Waals surface area contributed by atoms with Gasteiger partial charge in [0.15, 0.2) is 5.13 Å². The third-order valence-corrected chi connectivity index (χ3v) is 4.30. The summed E-state index contributed by atoms with van der Waals surface area (Å²) in [7, 11) is 0. The summed E-state index contributed by atoms with van der Waals surface area (Å²) in [6.07, 6.45) is 0.623. The van der Waals surface area contributed by atoms with E-state index in [1.807, 2.05) is 5.38 Å². The summed E-state index contributed by atoms with van der Waals surface area (Å²) in [5, 5.41) is 18.9. The van der Waals surface area contributed by atoms with E-state index in [0.717, 1.165) is 17.4 Å². The molecule has 0 aliphatic carbocycles. The van der Waals surface area contributed by atoms with E-state index in [9.17, 15) is 4.79 Å². The standard InChI is InChI=1S/C12H14N2O2S2/c1-8-5-17-6-9(8)4-13-12-14-10(7-18-12)2-3-11(15)16/h5-7H,2-4H2,1H3,(H,13,14)(H,15,16). The summed E-state index contributed by atoms with van der Waals surface area (Å²) in [5.74, 6) is -0.786. The number of carboxylic acids is 1. The molecular formula is C12H14N2O2S2. The molecule has 2 heterocycles. The average molecular weight is 282 g/mol. The molecule has 0 aliphatic rings. The molecule has 96 valence electrons. The molecule has 0 atom stereocenters. The summed E-state index contributed by atoms with van der Waals surface area (Å²) in [5.41, 5.74) is 3.41. The molecule has 0 saturated carbocycles. The van der Waals surface area contributed by atoms with Gasteiger partial charge in [0.2, 0.25) is 0 Å². The van der Waals surface area contributed by atoms with Gasteiger partial charge in [-0.15, -0.1) is 11.3 Å². The van der Waals surface area contributed by atoms with Crippen LogP contribution in [0.2, 0.25) is 0 Å². The van der Waals surface area contributed by atoms with E-state index < -0.39 is 5.97 Å². The highest BCUT2D eigenvalue weighted by Gasteiger charge is 2.05. The van der Waals surface area contributed by atoms with Crippen molar-refractivity contribution < 1.29 is 9.90 Å². The van der Waals surface area contributed by atoms with Gasteiger partial charge in [0.25, 0.3) is 0 Å². The van der Waals surface area contributed by atoms with Crippen LogP contribution in [0.1, 0.15) is 23.2 Å². The number of aryl methyl sites for hydroxylation is 2. The number of carbonyl (C=O) groups is 1. The molecule has 0 bridgehead atoms. The molecular weight excluding hydrogens is 268 g/mol. The number of thiazole rings is 1. The summed E-state index contributed by atoms with van der Waals surface area (Å²) >= 11 is 3.21. The van der Waals surface area contributed by atoms with Crippen molar-refractivity contribution in [2.24, 2.45) is 0 Å². The Labute approximate surface area is 113 Å². The number of anilines is 1. The van der Waals surface area contributed by atoms with Gasteiger partial charge in [0, 0.05) is 18.3 Å². The maximum Gasteiger partial charge on any atom is 0.303 e. The summed E-state index contributed by atoms with van der Waals surface area (Å²) in [6, 6.07) is 0. The first-order chi connectivity index (χ1) is 8.65. The van der Waals surface area contributed by atoms with Gasteiger partial charge in [-0.25, -0.2) is 4.98 Å². The minimum absolute atomic E-state index is 0.132. The second-order valence-electron chi connectivity index (χ2n) is 3.97. The van der Waals surface area contributed by atoms with Gasteiger partial charge in [0.1, 0.15) is 0 Å². The molecule has 2 N–H and O–H groups in total. The van der Waals surface area contributed by atoms with Gasteiger partial charge in [-0.3, -0.25) is 4.79 Å². The van der Waals surface area contributed by atoms with Crippen LogP contribution < -0.4 is 5.32 Å². The van der Waals surface area contributed by atoms with Crippen molar-refractivity contribution in [1.29, 1.82) is 0 Å². The van der Waals surface area contributed by atoms with Crippen molar-refractivity contribution in [3.63, 3.8) is 0 Å². The zero-order valence-corrected chi connectivity index (χ0v) is 11.6. The molecule has 0 aliphatic heterocycles. The monoisotopic (exact) mass is 282 g/mol. The molecule has 0 fully saturated rings. The van der Waals surface area contributed by atoms with Gasteiger partial charge < -0.3 is 10.4 Å². The van der Waals surface area contributed by atoms with Gasteiger partial charge >= 0.3 is 5.97 Å².